The normalized spacial score (nSPS) is 22.7. The van der Waals surface area contributed by atoms with Crippen LogP contribution in [-0.2, 0) is 9.53 Å². The van der Waals surface area contributed by atoms with Gasteiger partial charge in [-0.1, -0.05) is 11.3 Å². The number of amides is 1. The molecule has 7 nitrogen and oxygen atoms in total. The van der Waals surface area contributed by atoms with Crippen molar-refractivity contribution in [2.45, 2.75) is 70.6 Å². The lowest BCUT2D eigenvalue weighted by molar-refractivity contribution is -0.120. The third-order valence-corrected chi connectivity index (χ3v) is 6.93. The van der Waals surface area contributed by atoms with Crippen LogP contribution in [0.15, 0.2) is 12.1 Å². The molecule has 9 heteroatoms. The minimum Gasteiger partial charge on any atom is -0.487 e. The number of fused-ring (bicyclic) bond motifs is 1. The fraction of sp³-hybridized carbons (Fsp3) is 0.609. The van der Waals surface area contributed by atoms with Crippen molar-refractivity contribution in [2.75, 3.05) is 13.2 Å². The first-order valence-corrected chi connectivity index (χ1v) is 11.9. The number of ether oxygens (including phenoxy) is 3. The number of nitrogens with zero attached hydrogens (tertiary/aromatic N) is 2. The van der Waals surface area contributed by atoms with E-state index in [1.165, 1.54) is 6.92 Å². The number of halogens is 1. The minimum absolute atomic E-state index is 0.0229. The molecule has 4 rings (SSSR count). The van der Waals surface area contributed by atoms with Crippen LogP contribution in [0.3, 0.4) is 0 Å². The average molecular weight is 462 g/mol. The van der Waals surface area contributed by atoms with Crippen LogP contribution >= 0.6 is 11.3 Å². The molecule has 2 saturated carbocycles. The predicted octanol–water partition coefficient (Wildman–Crippen LogP) is 4.35. The number of carbonyl (C=O) groups excluding carboxylic acids is 1. The molecule has 0 spiro atoms. The molecule has 0 unspecified atom stereocenters. The first-order chi connectivity index (χ1) is 15.4. The van der Waals surface area contributed by atoms with E-state index in [4.69, 9.17) is 19.5 Å². The molecule has 0 bridgehead atoms. The molecule has 1 N–H and O–H groups in total. The van der Waals surface area contributed by atoms with E-state index >= 15 is 4.39 Å². The lowest BCUT2D eigenvalue weighted by atomic mass is 9.95. The molecule has 0 aliphatic heterocycles. The summed E-state index contributed by atoms with van der Waals surface area (Å²) in [5, 5.41) is 12.4. The molecule has 1 aromatic carbocycles. The number of rotatable bonds is 9. The van der Waals surface area contributed by atoms with E-state index in [-0.39, 0.29) is 29.9 Å². The fourth-order valence-corrected chi connectivity index (χ4v) is 4.72. The van der Waals surface area contributed by atoms with Gasteiger partial charge in [0.05, 0.1) is 40.5 Å². The van der Waals surface area contributed by atoms with Gasteiger partial charge in [-0.05, 0) is 57.6 Å². The minimum atomic E-state index is -0.418. The molecular weight excluding hydrogens is 433 g/mol. The lowest BCUT2D eigenvalue weighted by Gasteiger charge is -2.30. The highest BCUT2D eigenvalue weighted by atomic mass is 32.1. The van der Waals surface area contributed by atoms with Crippen molar-refractivity contribution < 1.29 is 23.4 Å². The van der Waals surface area contributed by atoms with Crippen LogP contribution in [0.25, 0.3) is 10.2 Å². The Morgan fingerprint density at radius 2 is 2.06 bits per heavy atom. The van der Waals surface area contributed by atoms with Crippen molar-refractivity contribution >= 4 is 27.5 Å². The van der Waals surface area contributed by atoms with Gasteiger partial charge >= 0.3 is 0 Å². The number of hydrogen-bond donors (Lipinski definition) is 1. The summed E-state index contributed by atoms with van der Waals surface area (Å²) in [7, 11) is 0. The summed E-state index contributed by atoms with van der Waals surface area (Å²) in [5.41, 5.74) is 0.136. The molecule has 1 aromatic heterocycles. The molecule has 172 valence electrons. The van der Waals surface area contributed by atoms with Crippen molar-refractivity contribution in [2.24, 2.45) is 5.41 Å². The van der Waals surface area contributed by atoms with Gasteiger partial charge in [-0.3, -0.25) is 4.79 Å². The van der Waals surface area contributed by atoms with Gasteiger partial charge in [0.15, 0.2) is 11.6 Å². The van der Waals surface area contributed by atoms with Crippen LogP contribution in [0.4, 0.5) is 4.39 Å². The van der Waals surface area contributed by atoms with Crippen molar-refractivity contribution in [3.8, 4) is 17.0 Å². The van der Waals surface area contributed by atoms with Crippen LogP contribution in [0.2, 0.25) is 0 Å². The van der Waals surface area contributed by atoms with Gasteiger partial charge in [-0.25, -0.2) is 9.37 Å². The molecule has 0 saturated heterocycles. The topological polar surface area (TPSA) is 93.5 Å². The predicted molar refractivity (Wildman–Crippen MR) is 118 cm³/mol. The van der Waals surface area contributed by atoms with E-state index in [9.17, 15) is 4.79 Å². The zero-order valence-corrected chi connectivity index (χ0v) is 19.2. The zero-order valence-electron chi connectivity index (χ0n) is 18.4. The Hall–Kier alpha value is -2.44. The second kappa shape index (κ2) is 9.59. The third-order valence-electron chi connectivity index (χ3n) is 5.95. The van der Waals surface area contributed by atoms with Gasteiger partial charge in [-0.15, -0.1) is 0 Å². The van der Waals surface area contributed by atoms with E-state index < -0.39 is 11.2 Å². The van der Waals surface area contributed by atoms with Gasteiger partial charge in [0, 0.05) is 13.0 Å². The number of thiazole rings is 1. The average Bonchev–Trinajstić information content (AvgIpc) is 3.44. The number of carbonyl (C=O) groups is 1. The molecule has 2 aliphatic carbocycles. The van der Waals surface area contributed by atoms with Gasteiger partial charge in [0.25, 0.3) is 5.19 Å². The zero-order chi connectivity index (χ0) is 22.7. The summed E-state index contributed by atoms with van der Waals surface area (Å²) < 4.78 is 33.0. The second-order valence-corrected chi connectivity index (χ2v) is 9.80. The van der Waals surface area contributed by atoms with E-state index in [1.807, 2.05) is 6.92 Å². The molecule has 2 aliphatic rings. The lowest BCUT2D eigenvalue weighted by Crippen LogP contribution is -2.36. The molecule has 32 heavy (non-hydrogen) atoms. The number of aromatic nitrogens is 1. The molecule has 2 aromatic rings. The monoisotopic (exact) mass is 461 g/mol. The van der Waals surface area contributed by atoms with Crippen LogP contribution in [0.5, 0.6) is 10.9 Å². The van der Waals surface area contributed by atoms with Gasteiger partial charge < -0.3 is 19.5 Å². The highest BCUT2D eigenvalue weighted by Gasteiger charge is 2.44. The molecule has 2 fully saturated rings. The van der Waals surface area contributed by atoms with Crippen LogP contribution in [0, 0.1) is 22.6 Å². The molecule has 1 heterocycles. The van der Waals surface area contributed by atoms with Crippen LogP contribution < -0.4 is 14.8 Å². The molecular formula is C23H28FN3O4S. The Labute approximate surface area is 190 Å². The highest BCUT2D eigenvalue weighted by molar-refractivity contribution is 7.20. The van der Waals surface area contributed by atoms with Crippen LogP contribution in [0.1, 0.15) is 52.4 Å². The van der Waals surface area contributed by atoms with Gasteiger partial charge in [-0.2, -0.15) is 5.26 Å². The standard InChI is InChI=1S/C23H28FN3O4S/c1-14(26-15(2)28)11-29-16-3-5-17(6-4-16)31-19-8-7-18-21(20(19)24)32-22(27-18)30-13-23(12-25)9-10-23/h7-8,14,16-17H,3-6,9-11,13H2,1-2H3,(H,26,28)/t14-,16?,17?/m0/s1. The van der Waals surface area contributed by atoms with Gasteiger partial charge in [0.2, 0.25) is 5.91 Å². The van der Waals surface area contributed by atoms with Crippen molar-refractivity contribution in [1.82, 2.24) is 10.3 Å². The van der Waals surface area contributed by atoms with E-state index in [2.05, 4.69) is 16.4 Å². The van der Waals surface area contributed by atoms with Crippen molar-refractivity contribution in [1.29, 1.82) is 5.26 Å². The summed E-state index contributed by atoms with van der Waals surface area (Å²) in [6.45, 7) is 4.18. The second-order valence-electron chi connectivity index (χ2n) is 8.84. The Morgan fingerprint density at radius 3 is 2.72 bits per heavy atom. The first-order valence-electron chi connectivity index (χ1n) is 11.1. The van der Waals surface area contributed by atoms with Crippen molar-refractivity contribution in [3.05, 3.63) is 17.9 Å². The summed E-state index contributed by atoms with van der Waals surface area (Å²) in [4.78, 5) is 15.4. The molecule has 0 radical (unpaired) electrons. The molecule has 1 amide bonds. The summed E-state index contributed by atoms with van der Waals surface area (Å²) >= 11 is 1.15. The molecule has 1 atom stereocenters. The fourth-order valence-electron chi connectivity index (χ4n) is 3.88. The smallest absolute Gasteiger partial charge is 0.274 e. The Morgan fingerprint density at radius 1 is 1.34 bits per heavy atom. The Kier molecular flexibility index (Phi) is 6.82. The summed E-state index contributed by atoms with van der Waals surface area (Å²) in [5.74, 6) is -0.253. The largest absolute Gasteiger partial charge is 0.487 e. The van der Waals surface area contributed by atoms with E-state index in [0.29, 0.717) is 28.6 Å². The highest BCUT2D eigenvalue weighted by Crippen LogP contribution is 2.45. The van der Waals surface area contributed by atoms with Gasteiger partial charge in [0.1, 0.15) is 6.61 Å². The number of nitriles is 1. The number of nitrogens with one attached hydrogen (secondary N) is 1. The Bertz CT molecular complexity index is 1010. The number of benzene rings is 1. The van der Waals surface area contributed by atoms with E-state index in [0.717, 1.165) is 49.9 Å². The summed E-state index contributed by atoms with van der Waals surface area (Å²) in [6.07, 6.45) is 4.96. The third kappa shape index (κ3) is 5.48. The quantitative estimate of drug-likeness (QED) is 0.597. The first kappa shape index (κ1) is 22.7. The van der Waals surface area contributed by atoms with Crippen molar-refractivity contribution in [3.63, 3.8) is 0 Å². The maximum Gasteiger partial charge on any atom is 0.274 e. The summed E-state index contributed by atoms with van der Waals surface area (Å²) in [6, 6.07) is 5.62. The maximum atomic E-state index is 15.1. The van der Waals surface area contributed by atoms with E-state index in [1.54, 1.807) is 12.1 Å². The van der Waals surface area contributed by atoms with Crippen LogP contribution in [-0.4, -0.2) is 42.4 Å². The SMILES string of the molecule is CC(=O)N[C@@H](C)COC1CCC(Oc2ccc3nc(OCC4(C#N)CC4)sc3c2F)CC1. The maximum absolute atomic E-state index is 15.1. The Balaban J connectivity index is 1.29. The number of hydrogen-bond acceptors (Lipinski definition) is 7.